The van der Waals surface area contributed by atoms with Crippen LogP contribution in [0.3, 0.4) is 0 Å². The molecule has 2 aromatic carbocycles. The van der Waals surface area contributed by atoms with E-state index < -0.39 is 0 Å². The Morgan fingerprint density at radius 2 is 1.58 bits per heavy atom. The van der Waals surface area contributed by atoms with Crippen LogP contribution in [0.2, 0.25) is 0 Å². The largest absolute Gasteiger partial charge is 0.278 e. The molecular weight excluding hydrogens is 292 g/mol. The summed E-state index contributed by atoms with van der Waals surface area (Å²) in [6.07, 6.45) is 1.78. The smallest absolute Gasteiger partial charge is 0.0650 e. The van der Waals surface area contributed by atoms with Crippen molar-refractivity contribution in [2.24, 2.45) is 0 Å². The normalized spacial score (nSPS) is 10.6. The number of nitrogens with zero attached hydrogens (tertiary/aromatic N) is 1. The molecule has 1 heterocycles. The van der Waals surface area contributed by atoms with Gasteiger partial charge in [-0.05, 0) is 53.1 Å². The molecule has 0 fully saturated rings. The third-order valence-corrected chi connectivity index (χ3v) is 4.18. The topological polar surface area (TPSA) is 28.7 Å². The summed E-state index contributed by atoms with van der Waals surface area (Å²) in [7, 11) is 0. The number of benzene rings is 2. The Morgan fingerprint density at radius 3 is 2.12 bits per heavy atom. The van der Waals surface area contributed by atoms with E-state index in [1.807, 2.05) is 6.07 Å². The molecule has 2 heteroatoms. The molecule has 0 aliphatic heterocycles. The third kappa shape index (κ3) is 4.82. The highest BCUT2D eigenvalue weighted by molar-refractivity contribution is 5.59. The number of rotatable bonds is 3. The summed E-state index contributed by atoms with van der Waals surface area (Å²) >= 11 is 0. The maximum Gasteiger partial charge on any atom is 0.0650 e. The molecule has 3 aromatic rings. The number of aromatic amines is 1. The highest BCUT2D eigenvalue weighted by Gasteiger charge is 2.02. The van der Waals surface area contributed by atoms with Gasteiger partial charge in [0.05, 0.1) is 5.69 Å². The molecule has 0 spiro atoms. The first-order chi connectivity index (χ1) is 11.5. The molecule has 1 N–H and O–H groups in total. The fourth-order valence-electron chi connectivity index (χ4n) is 2.72. The minimum absolute atomic E-state index is 0.567. The van der Waals surface area contributed by atoms with Crippen LogP contribution in [0.5, 0.6) is 0 Å². The van der Waals surface area contributed by atoms with Gasteiger partial charge in [0.2, 0.25) is 0 Å². The van der Waals surface area contributed by atoms with Crippen molar-refractivity contribution in [2.75, 3.05) is 0 Å². The molecule has 0 bridgehead atoms. The molecular formula is C22H28N2. The van der Waals surface area contributed by atoms with Gasteiger partial charge in [0.1, 0.15) is 0 Å². The van der Waals surface area contributed by atoms with Gasteiger partial charge >= 0.3 is 0 Å². The van der Waals surface area contributed by atoms with E-state index >= 15 is 0 Å². The minimum atomic E-state index is 0.567. The molecule has 24 heavy (non-hydrogen) atoms. The van der Waals surface area contributed by atoms with E-state index in [0.29, 0.717) is 11.8 Å². The zero-order valence-electron chi connectivity index (χ0n) is 15.4. The molecule has 1 aromatic heterocycles. The summed E-state index contributed by atoms with van der Waals surface area (Å²) < 4.78 is 0. The molecule has 0 amide bonds. The van der Waals surface area contributed by atoms with Crippen LogP contribution in [-0.2, 0) is 0 Å². The van der Waals surface area contributed by atoms with E-state index in [1.165, 1.54) is 22.3 Å². The quantitative estimate of drug-likeness (QED) is 0.601. The lowest BCUT2D eigenvalue weighted by atomic mass is 9.99. The molecule has 126 valence electrons. The van der Waals surface area contributed by atoms with Crippen LogP contribution in [-0.4, -0.2) is 10.2 Å². The van der Waals surface area contributed by atoms with Crippen molar-refractivity contribution in [1.82, 2.24) is 10.2 Å². The van der Waals surface area contributed by atoms with E-state index in [9.17, 15) is 0 Å². The van der Waals surface area contributed by atoms with Gasteiger partial charge in [-0.1, -0.05) is 70.2 Å². The maximum absolute atomic E-state index is 3.95. The number of aromatic nitrogens is 2. The predicted octanol–water partition coefficient (Wildman–Crippen LogP) is 6.32. The Hall–Kier alpha value is -2.35. The standard InChI is InChI=1S/C12H14N2.C10H14/c1-9(2)10-4-3-5-11(8-10)12-6-7-13-14-12;1-8(2)10-7-5-4-6-9(10)3/h3-9H,1-2H3,(H,13,14);4-8H,1-3H3. The van der Waals surface area contributed by atoms with Crippen molar-refractivity contribution < 1.29 is 0 Å². The average Bonchev–Trinajstić information content (AvgIpc) is 3.10. The van der Waals surface area contributed by atoms with Crippen LogP contribution in [0, 0.1) is 6.92 Å². The lowest BCUT2D eigenvalue weighted by Crippen LogP contribution is -1.89. The highest BCUT2D eigenvalue weighted by atomic mass is 15.1. The molecule has 3 rings (SSSR count). The Balaban J connectivity index is 0.000000185. The Labute approximate surface area is 146 Å². The van der Waals surface area contributed by atoms with E-state index in [4.69, 9.17) is 0 Å². The Kier molecular flexibility index (Phi) is 6.36. The lowest BCUT2D eigenvalue weighted by molar-refractivity contribution is 0.856. The van der Waals surface area contributed by atoms with Gasteiger partial charge < -0.3 is 0 Å². The molecule has 0 atom stereocenters. The molecule has 0 radical (unpaired) electrons. The van der Waals surface area contributed by atoms with Gasteiger partial charge in [-0.15, -0.1) is 0 Å². The van der Waals surface area contributed by atoms with E-state index in [0.717, 1.165) is 5.69 Å². The summed E-state index contributed by atoms with van der Waals surface area (Å²) in [6.45, 7) is 11.0. The van der Waals surface area contributed by atoms with Gasteiger partial charge in [-0.3, -0.25) is 5.10 Å². The lowest BCUT2D eigenvalue weighted by Gasteiger charge is -2.07. The first-order valence-electron chi connectivity index (χ1n) is 8.64. The van der Waals surface area contributed by atoms with E-state index in [-0.39, 0.29) is 0 Å². The van der Waals surface area contributed by atoms with Crippen molar-refractivity contribution in [3.8, 4) is 11.3 Å². The van der Waals surface area contributed by atoms with E-state index in [1.54, 1.807) is 6.20 Å². The maximum atomic E-state index is 3.95. The molecule has 0 unspecified atom stereocenters. The van der Waals surface area contributed by atoms with Crippen LogP contribution < -0.4 is 0 Å². The number of hydrogen-bond acceptors (Lipinski definition) is 1. The van der Waals surface area contributed by atoms with Crippen molar-refractivity contribution >= 4 is 0 Å². The molecule has 0 aliphatic carbocycles. The monoisotopic (exact) mass is 320 g/mol. The first-order valence-corrected chi connectivity index (χ1v) is 8.64. The zero-order valence-corrected chi connectivity index (χ0v) is 15.4. The predicted molar refractivity (Wildman–Crippen MR) is 103 cm³/mol. The van der Waals surface area contributed by atoms with Gasteiger partial charge in [0.25, 0.3) is 0 Å². The zero-order chi connectivity index (χ0) is 17.5. The van der Waals surface area contributed by atoms with Crippen molar-refractivity contribution in [2.45, 2.75) is 46.5 Å². The van der Waals surface area contributed by atoms with Crippen LogP contribution in [0.25, 0.3) is 11.3 Å². The number of H-pyrrole nitrogens is 1. The van der Waals surface area contributed by atoms with Crippen LogP contribution in [0.15, 0.2) is 60.8 Å². The summed E-state index contributed by atoms with van der Waals surface area (Å²) in [6, 6.07) is 19.1. The number of nitrogens with one attached hydrogen (secondary N) is 1. The average molecular weight is 320 g/mol. The number of hydrogen-bond donors (Lipinski definition) is 1. The Morgan fingerprint density at radius 1 is 0.833 bits per heavy atom. The summed E-state index contributed by atoms with van der Waals surface area (Å²) in [5, 5.41) is 6.92. The van der Waals surface area contributed by atoms with Crippen LogP contribution in [0.4, 0.5) is 0 Å². The summed E-state index contributed by atoms with van der Waals surface area (Å²) in [5.74, 6) is 1.22. The second kappa shape index (κ2) is 8.49. The second-order valence-electron chi connectivity index (χ2n) is 6.76. The summed E-state index contributed by atoms with van der Waals surface area (Å²) in [5.41, 5.74) is 6.50. The van der Waals surface area contributed by atoms with Crippen LogP contribution in [0.1, 0.15) is 56.2 Å². The summed E-state index contributed by atoms with van der Waals surface area (Å²) in [4.78, 5) is 0. The van der Waals surface area contributed by atoms with E-state index in [2.05, 4.69) is 93.3 Å². The van der Waals surface area contributed by atoms with Crippen molar-refractivity contribution in [3.63, 3.8) is 0 Å². The van der Waals surface area contributed by atoms with Crippen LogP contribution >= 0.6 is 0 Å². The first kappa shape index (κ1) is 18.0. The highest BCUT2D eigenvalue weighted by Crippen LogP contribution is 2.21. The Bertz CT molecular complexity index is 740. The fourth-order valence-corrected chi connectivity index (χ4v) is 2.72. The molecule has 0 saturated carbocycles. The minimum Gasteiger partial charge on any atom is -0.278 e. The van der Waals surface area contributed by atoms with Gasteiger partial charge in [-0.25, -0.2) is 0 Å². The molecule has 2 nitrogen and oxygen atoms in total. The van der Waals surface area contributed by atoms with Gasteiger partial charge in [0, 0.05) is 6.20 Å². The molecule has 0 saturated heterocycles. The fraction of sp³-hybridized carbons (Fsp3) is 0.318. The third-order valence-electron chi connectivity index (χ3n) is 4.18. The van der Waals surface area contributed by atoms with Crippen molar-refractivity contribution in [3.05, 3.63) is 77.5 Å². The SMILES string of the molecule is CC(C)c1cccc(-c2ccn[nH]2)c1.Cc1ccccc1C(C)C. The molecule has 0 aliphatic rings. The second-order valence-corrected chi connectivity index (χ2v) is 6.76. The van der Waals surface area contributed by atoms with Gasteiger partial charge in [-0.2, -0.15) is 5.10 Å². The number of aryl methyl sites for hydroxylation is 1. The van der Waals surface area contributed by atoms with Gasteiger partial charge in [0.15, 0.2) is 0 Å². The van der Waals surface area contributed by atoms with Crippen molar-refractivity contribution in [1.29, 1.82) is 0 Å².